The third-order valence-electron chi connectivity index (χ3n) is 4.82. The lowest BCUT2D eigenvalue weighted by molar-refractivity contribution is 0.136. The summed E-state index contributed by atoms with van der Waals surface area (Å²) < 4.78 is 0. The molecule has 0 atom stereocenters. The Morgan fingerprint density at radius 3 is 1.50 bits per heavy atom. The van der Waals surface area contributed by atoms with Gasteiger partial charge >= 0.3 is 0 Å². The van der Waals surface area contributed by atoms with E-state index in [9.17, 15) is 0 Å². The average molecular weight is 309 g/mol. The molecule has 0 bridgehead atoms. The van der Waals surface area contributed by atoms with Crippen molar-refractivity contribution in [2.75, 3.05) is 13.1 Å². The fourth-order valence-electron chi connectivity index (χ4n) is 3.36. The summed E-state index contributed by atoms with van der Waals surface area (Å²) in [4.78, 5) is 5.23. The minimum atomic E-state index is 0.648. The largest absolute Gasteiger partial charge is 0.356 e. The molecule has 0 radical (unpaired) electrons. The molecular weight excluding hydrogens is 268 g/mol. The summed E-state index contributed by atoms with van der Waals surface area (Å²) in [5.74, 6) is 0. The summed E-state index contributed by atoms with van der Waals surface area (Å²) in [6.45, 7) is 9.39. The van der Waals surface area contributed by atoms with Crippen molar-refractivity contribution in [3.8, 4) is 0 Å². The molecule has 1 heterocycles. The average Bonchev–Trinajstić information content (AvgIpc) is 2.91. The Labute approximate surface area is 139 Å². The molecule has 0 N–H and O–H groups in total. The van der Waals surface area contributed by atoms with Crippen LogP contribution in [0, 0.1) is 0 Å². The Morgan fingerprint density at radius 1 is 0.591 bits per heavy atom. The highest BCUT2D eigenvalue weighted by Crippen LogP contribution is 2.23. The van der Waals surface area contributed by atoms with Gasteiger partial charge in [0.1, 0.15) is 6.17 Å². The zero-order valence-electron chi connectivity index (χ0n) is 15.5. The fraction of sp³-hybridized carbons (Fsp3) is 0.900. The van der Waals surface area contributed by atoms with E-state index < -0.39 is 0 Å². The van der Waals surface area contributed by atoms with Crippen molar-refractivity contribution in [3.63, 3.8) is 0 Å². The molecule has 0 amide bonds. The van der Waals surface area contributed by atoms with Gasteiger partial charge in [0.05, 0.1) is 0 Å². The van der Waals surface area contributed by atoms with E-state index in [4.69, 9.17) is 0 Å². The molecule has 1 rings (SSSR count). The first-order chi connectivity index (χ1) is 10.8. The molecule has 2 heteroatoms. The van der Waals surface area contributed by atoms with Crippen LogP contribution in [0.5, 0.6) is 0 Å². The van der Waals surface area contributed by atoms with Gasteiger partial charge in [-0.2, -0.15) is 0 Å². The fourth-order valence-corrected chi connectivity index (χ4v) is 3.36. The Hall–Kier alpha value is -0.660. The van der Waals surface area contributed by atoms with E-state index in [1.165, 1.54) is 90.1 Å². The van der Waals surface area contributed by atoms with Gasteiger partial charge in [0.2, 0.25) is 0 Å². The van der Waals surface area contributed by atoms with Crippen LogP contribution in [0.2, 0.25) is 0 Å². The molecule has 1 aliphatic heterocycles. The van der Waals surface area contributed by atoms with Crippen LogP contribution in [0.15, 0.2) is 12.4 Å². The van der Waals surface area contributed by atoms with Gasteiger partial charge in [0.15, 0.2) is 0 Å². The second kappa shape index (κ2) is 12.8. The van der Waals surface area contributed by atoms with Crippen molar-refractivity contribution in [1.29, 1.82) is 0 Å². The van der Waals surface area contributed by atoms with E-state index >= 15 is 0 Å². The molecule has 1 aliphatic rings. The van der Waals surface area contributed by atoms with Crippen LogP contribution in [0.4, 0.5) is 0 Å². The van der Waals surface area contributed by atoms with Gasteiger partial charge in [-0.15, -0.1) is 0 Å². The minimum absolute atomic E-state index is 0.648. The summed E-state index contributed by atoms with van der Waals surface area (Å²) in [5, 5.41) is 0. The van der Waals surface area contributed by atoms with Gasteiger partial charge in [-0.25, -0.2) is 0 Å². The quantitative estimate of drug-likeness (QED) is 0.355. The Balaban J connectivity index is 2.36. The summed E-state index contributed by atoms with van der Waals surface area (Å²) in [5.41, 5.74) is 0. The zero-order valence-corrected chi connectivity index (χ0v) is 15.5. The van der Waals surface area contributed by atoms with Gasteiger partial charge < -0.3 is 9.80 Å². The molecule has 22 heavy (non-hydrogen) atoms. The van der Waals surface area contributed by atoms with Crippen LogP contribution in [-0.4, -0.2) is 29.1 Å². The van der Waals surface area contributed by atoms with Gasteiger partial charge in [-0.05, 0) is 25.7 Å². The SMILES string of the molecule is CCCCCCN1C=CN(CCCCCC)C1CCCCC. The molecule has 0 aromatic rings. The maximum Gasteiger partial charge on any atom is 0.101 e. The second-order valence-electron chi connectivity index (χ2n) is 6.87. The van der Waals surface area contributed by atoms with Gasteiger partial charge in [0.25, 0.3) is 0 Å². The number of hydrogen-bond acceptors (Lipinski definition) is 2. The molecule has 0 saturated carbocycles. The molecule has 0 unspecified atom stereocenters. The van der Waals surface area contributed by atoms with E-state index in [0.717, 1.165) is 0 Å². The zero-order chi connectivity index (χ0) is 16.0. The van der Waals surface area contributed by atoms with Crippen LogP contribution in [0.3, 0.4) is 0 Å². The molecule has 0 aliphatic carbocycles. The van der Waals surface area contributed by atoms with E-state index in [-0.39, 0.29) is 0 Å². The monoisotopic (exact) mass is 308 g/mol. The lowest BCUT2D eigenvalue weighted by atomic mass is 10.1. The van der Waals surface area contributed by atoms with E-state index in [2.05, 4.69) is 43.0 Å². The second-order valence-corrected chi connectivity index (χ2v) is 6.87. The molecule has 0 saturated heterocycles. The smallest absolute Gasteiger partial charge is 0.101 e. The highest BCUT2D eigenvalue weighted by atomic mass is 15.4. The molecule has 2 nitrogen and oxygen atoms in total. The predicted octanol–water partition coefficient (Wildman–Crippen LogP) is 6.14. The van der Waals surface area contributed by atoms with Crippen molar-refractivity contribution in [1.82, 2.24) is 9.80 Å². The molecule has 0 aromatic heterocycles. The lowest BCUT2D eigenvalue weighted by Crippen LogP contribution is -2.39. The third kappa shape index (κ3) is 7.56. The lowest BCUT2D eigenvalue weighted by Gasteiger charge is -2.33. The maximum atomic E-state index is 2.62. The number of rotatable bonds is 14. The van der Waals surface area contributed by atoms with Crippen molar-refractivity contribution >= 4 is 0 Å². The number of nitrogens with zero attached hydrogens (tertiary/aromatic N) is 2. The first-order valence-corrected chi connectivity index (χ1v) is 10.0. The Bertz CT molecular complexity index is 253. The standard InChI is InChI=1S/C20H40N2/c1-4-7-10-13-16-21-18-19-22(17-14-11-8-5-2)20(21)15-12-9-6-3/h18-20H,4-17H2,1-3H3. The molecule has 0 fully saturated rings. The van der Waals surface area contributed by atoms with Gasteiger partial charge in [0, 0.05) is 25.5 Å². The molecule has 130 valence electrons. The molecular formula is C20H40N2. The summed E-state index contributed by atoms with van der Waals surface area (Å²) >= 11 is 0. The summed E-state index contributed by atoms with van der Waals surface area (Å²) in [6.07, 6.45) is 21.7. The number of hydrogen-bond donors (Lipinski definition) is 0. The van der Waals surface area contributed by atoms with Crippen LogP contribution in [0.1, 0.15) is 97.8 Å². The third-order valence-corrected chi connectivity index (χ3v) is 4.82. The topological polar surface area (TPSA) is 6.48 Å². The van der Waals surface area contributed by atoms with E-state index in [0.29, 0.717) is 6.17 Å². The first kappa shape index (κ1) is 19.4. The molecule has 0 aromatic carbocycles. The van der Waals surface area contributed by atoms with Crippen molar-refractivity contribution in [3.05, 3.63) is 12.4 Å². The van der Waals surface area contributed by atoms with E-state index in [1.54, 1.807) is 0 Å². The number of unbranched alkanes of at least 4 members (excludes halogenated alkanes) is 8. The van der Waals surface area contributed by atoms with Crippen LogP contribution >= 0.6 is 0 Å². The summed E-state index contributed by atoms with van der Waals surface area (Å²) in [6, 6.07) is 0. The minimum Gasteiger partial charge on any atom is -0.356 e. The van der Waals surface area contributed by atoms with E-state index in [1.807, 2.05) is 0 Å². The molecule has 0 spiro atoms. The Kier molecular flexibility index (Phi) is 11.3. The van der Waals surface area contributed by atoms with Crippen LogP contribution < -0.4 is 0 Å². The first-order valence-electron chi connectivity index (χ1n) is 10.0. The van der Waals surface area contributed by atoms with Crippen molar-refractivity contribution in [2.45, 2.75) is 104 Å². The highest BCUT2D eigenvalue weighted by molar-refractivity contribution is 4.96. The van der Waals surface area contributed by atoms with Crippen molar-refractivity contribution in [2.24, 2.45) is 0 Å². The normalized spacial score (nSPS) is 15.2. The van der Waals surface area contributed by atoms with Gasteiger partial charge in [-0.3, -0.25) is 0 Å². The van der Waals surface area contributed by atoms with Crippen LogP contribution in [0.25, 0.3) is 0 Å². The Morgan fingerprint density at radius 2 is 1.05 bits per heavy atom. The van der Waals surface area contributed by atoms with Crippen LogP contribution in [-0.2, 0) is 0 Å². The maximum absolute atomic E-state index is 2.62. The predicted molar refractivity (Wildman–Crippen MR) is 98.8 cm³/mol. The highest BCUT2D eigenvalue weighted by Gasteiger charge is 2.24. The van der Waals surface area contributed by atoms with Crippen molar-refractivity contribution < 1.29 is 0 Å². The summed E-state index contributed by atoms with van der Waals surface area (Å²) in [7, 11) is 0. The van der Waals surface area contributed by atoms with Gasteiger partial charge in [-0.1, -0.05) is 72.1 Å².